The summed E-state index contributed by atoms with van der Waals surface area (Å²) in [5.41, 5.74) is 2.98. The molecule has 0 bridgehead atoms. The van der Waals surface area contributed by atoms with Crippen LogP contribution in [-0.4, -0.2) is 25.8 Å². The molecule has 0 unspecified atom stereocenters. The number of para-hydroxylation sites is 1. The first-order valence-corrected chi connectivity index (χ1v) is 9.21. The van der Waals surface area contributed by atoms with Crippen LogP contribution in [0.2, 0.25) is 5.82 Å². The maximum absolute atomic E-state index is 12.5. The van der Waals surface area contributed by atoms with Crippen molar-refractivity contribution in [3.05, 3.63) is 63.2 Å². The van der Waals surface area contributed by atoms with Crippen molar-refractivity contribution in [1.29, 1.82) is 0 Å². The number of hydrogen-bond acceptors (Lipinski definition) is 3. The third-order valence-electron chi connectivity index (χ3n) is 3.36. The Morgan fingerprint density at radius 3 is 2.36 bits per heavy atom. The van der Waals surface area contributed by atoms with Gasteiger partial charge in [-0.3, -0.25) is 0 Å². The van der Waals surface area contributed by atoms with E-state index in [0.717, 1.165) is 21.3 Å². The Kier molecular flexibility index (Phi) is 4.95. The molecule has 0 aromatic heterocycles. The van der Waals surface area contributed by atoms with E-state index in [9.17, 15) is 14.9 Å². The van der Waals surface area contributed by atoms with Crippen molar-refractivity contribution in [2.75, 3.05) is 5.32 Å². The first-order valence-electron chi connectivity index (χ1n) is 6.64. The van der Waals surface area contributed by atoms with Crippen LogP contribution in [0.15, 0.2) is 36.4 Å². The van der Waals surface area contributed by atoms with E-state index in [4.69, 9.17) is 0 Å². The number of anilines is 1. The van der Waals surface area contributed by atoms with Crippen molar-refractivity contribution >= 4 is 36.7 Å². The van der Waals surface area contributed by atoms with Crippen molar-refractivity contribution in [1.82, 2.24) is 0 Å². The first kappa shape index (κ1) is 16.2. The molecule has 6 heteroatoms. The molecule has 0 radical (unpaired) electrons. The van der Waals surface area contributed by atoms with Crippen molar-refractivity contribution in [2.45, 2.75) is 19.7 Å². The Labute approximate surface area is 135 Å². The SMILES string of the molecule is C[Se]c1ccc([N+](=O)[O-])cc1C(=O)Nc1c(C)cccc1C. The van der Waals surface area contributed by atoms with E-state index in [2.05, 4.69) is 5.32 Å². The zero-order valence-electron chi connectivity index (χ0n) is 12.5. The van der Waals surface area contributed by atoms with Crippen LogP contribution >= 0.6 is 0 Å². The fraction of sp³-hybridized carbons (Fsp3) is 0.188. The molecule has 0 fully saturated rings. The van der Waals surface area contributed by atoms with Gasteiger partial charge in [0.25, 0.3) is 0 Å². The Bertz CT molecular complexity index is 724. The molecule has 5 nitrogen and oxygen atoms in total. The first-order chi connectivity index (χ1) is 10.4. The van der Waals surface area contributed by atoms with Crippen LogP contribution in [0.4, 0.5) is 11.4 Å². The van der Waals surface area contributed by atoms with Crippen LogP contribution in [-0.2, 0) is 0 Å². The molecule has 2 rings (SSSR count). The number of non-ortho nitro benzene ring substituents is 1. The quantitative estimate of drug-likeness (QED) is 0.516. The number of nitrogens with zero attached hydrogens (tertiary/aromatic N) is 1. The summed E-state index contributed by atoms with van der Waals surface area (Å²) in [5.74, 6) is 1.67. The van der Waals surface area contributed by atoms with E-state index in [-0.39, 0.29) is 26.6 Å². The molecule has 0 aliphatic carbocycles. The standard InChI is InChI=1S/C16H16N2O3Se/c1-10-5-4-6-11(2)15(10)17-16(19)13-9-12(18(20)21)7-8-14(13)22-3/h4-9H,1-3H3,(H,17,19). The fourth-order valence-electron chi connectivity index (χ4n) is 2.18. The minimum absolute atomic E-state index is 0.0698. The molecule has 1 amide bonds. The zero-order chi connectivity index (χ0) is 16.3. The second kappa shape index (κ2) is 6.73. The number of amides is 1. The topological polar surface area (TPSA) is 72.2 Å². The number of nitro benzene ring substituents is 1. The molecule has 0 saturated carbocycles. The van der Waals surface area contributed by atoms with Gasteiger partial charge in [0.1, 0.15) is 0 Å². The minimum atomic E-state index is -0.484. The van der Waals surface area contributed by atoms with E-state index in [1.807, 2.05) is 37.9 Å². The summed E-state index contributed by atoms with van der Waals surface area (Å²) in [4.78, 5) is 23.0. The molecule has 22 heavy (non-hydrogen) atoms. The van der Waals surface area contributed by atoms with Gasteiger partial charge in [-0.15, -0.1) is 0 Å². The second-order valence-corrected chi connectivity index (χ2v) is 6.64. The van der Waals surface area contributed by atoms with Gasteiger partial charge >= 0.3 is 135 Å². The number of carbonyl (C=O) groups is 1. The molecule has 0 saturated heterocycles. The van der Waals surface area contributed by atoms with E-state index in [1.54, 1.807) is 6.07 Å². The number of nitro groups is 1. The van der Waals surface area contributed by atoms with Gasteiger partial charge in [-0.25, -0.2) is 0 Å². The molecular formula is C16H16N2O3Se. The summed E-state index contributed by atoms with van der Waals surface area (Å²) < 4.78 is 0.849. The molecule has 0 aliphatic rings. The van der Waals surface area contributed by atoms with Gasteiger partial charge in [-0.1, -0.05) is 0 Å². The number of carbonyl (C=O) groups excluding carboxylic acids is 1. The third-order valence-corrected chi connectivity index (χ3v) is 5.03. The Hall–Kier alpha value is -2.17. The average Bonchev–Trinajstić information content (AvgIpc) is 2.50. The van der Waals surface area contributed by atoms with Gasteiger partial charge in [-0.2, -0.15) is 0 Å². The van der Waals surface area contributed by atoms with Crippen LogP contribution in [0, 0.1) is 24.0 Å². The van der Waals surface area contributed by atoms with E-state index >= 15 is 0 Å². The number of rotatable bonds is 4. The van der Waals surface area contributed by atoms with Crippen molar-refractivity contribution < 1.29 is 9.72 Å². The van der Waals surface area contributed by atoms with Crippen LogP contribution in [0.1, 0.15) is 21.5 Å². The molecule has 0 atom stereocenters. The monoisotopic (exact) mass is 364 g/mol. The van der Waals surface area contributed by atoms with E-state index < -0.39 is 4.92 Å². The number of nitrogens with one attached hydrogen (secondary N) is 1. The van der Waals surface area contributed by atoms with Gasteiger partial charge in [0, 0.05) is 0 Å². The molecule has 0 heterocycles. The molecule has 0 spiro atoms. The van der Waals surface area contributed by atoms with Crippen molar-refractivity contribution in [3.63, 3.8) is 0 Å². The third kappa shape index (κ3) is 3.35. The predicted octanol–water partition coefficient (Wildman–Crippen LogP) is 2.84. The number of hydrogen-bond donors (Lipinski definition) is 1. The number of aryl methyl sites for hydroxylation is 2. The van der Waals surface area contributed by atoms with E-state index in [0.29, 0.717) is 5.56 Å². The Balaban J connectivity index is 2.40. The van der Waals surface area contributed by atoms with Crippen molar-refractivity contribution in [2.24, 2.45) is 0 Å². The normalized spacial score (nSPS) is 10.3. The Morgan fingerprint density at radius 1 is 1.18 bits per heavy atom. The van der Waals surface area contributed by atoms with Crippen LogP contribution in [0.25, 0.3) is 0 Å². The summed E-state index contributed by atoms with van der Waals surface area (Å²) in [5, 5.41) is 13.8. The van der Waals surface area contributed by atoms with Crippen LogP contribution < -0.4 is 9.78 Å². The fourth-order valence-corrected chi connectivity index (χ4v) is 3.39. The molecule has 2 aromatic carbocycles. The molecule has 2 aromatic rings. The summed E-state index contributed by atoms with van der Waals surface area (Å²) in [6.07, 6.45) is 0. The van der Waals surface area contributed by atoms with Crippen LogP contribution in [0.5, 0.6) is 0 Å². The van der Waals surface area contributed by atoms with Gasteiger partial charge in [0.2, 0.25) is 0 Å². The van der Waals surface area contributed by atoms with Crippen molar-refractivity contribution in [3.8, 4) is 0 Å². The van der Waals surface area contributed by atoms with Gasteiger partial charge in [0.15, 0.2) is 0 Å². The molecular weight excluding hydrogens is 347 g/mol. The summed E-state index contributed by atoms with van der Waals surface area (Å²) in [7, 11) is 0. The molecule has 1 N–H and O–H groups in total. The Morgan fingerprint density at radius 2 is 1.82 bits per heavy atom. The summed E-state index contributed by atoms with van der Waals surface area (Å²) in [6.45, 7) is 3.83. The number of benzene rings is 2. The maximum atomic E-state index is 12.5. The summed E-state index contributed by atoms with van der Waals surface area (Å²) in [6, 6.07) is 10.2. The van der Waals surface area contributed by atoms with Gasteiger partial charge in [0.05, 0.1) is 0 Å². The molecule has 114 valence electrons. The van der Waals surface area contributed by atoms with Crippen LogP contribution in [0.3, 0.4) is 0 Å². The second-order valence-electron chi connectivity index (χ2n) is 4.86. The molecule has 0 aliphatic heterocycles. The zero-order valence-corrected chi connectivity index (χ0v) is 14.3. The van der Waals surface area contributed by atoms with Gasteiger partial charge < -0.3 is 0 Å². The van der Waals surface area contributed by atoms with Gasteiger partial charge in [-0.05, 0) is 0 Å². The summed E-state index contributed by atoms with van der Waals surface area (Å²) >= 11 is 0.0720. The average molecular weight is 363 g/mol. The predicted molar refractivity (Wildman–Crippen MR) is 88.2 cm³/mol. The van der Waals surface area contributed by atoms with E-state index in [1.165, 1.54) is 12.1 Å².